The SMILES string of the molecule is CN(Cc1cnn(Cc2ccccc2)c1)S(=O)(=O)c1ccc(Cl)c(Cl)c1. The molecular formula is C18H17Cl2N3O2S. The summed E-state index contributed by atoms with van der Waals surface area (Å²) in [6.07, 6.45) is 3.51. The van der Waals surface area contributed by atoms with Crippen LogP contribution >= 0.6 is 23.2 Å². The molecule has 0 saturated carbocycles. The largest absolute Gasteiger partial charge is 0.268 e. The lowest BCUT2D eigenvalue weighted by Gasteiger charge is -2.16. The second-order valence-corrected chi connectivity index (χ2v) is 8.73. The molecule has 0 aliphatic rings. The summed E-state index contributed by atoms with van der Waals surface area (Å²) in [7, 11) is -2.15. The van der Waals surface area contributed by atoms with Gasteiger partial charge in [0.1, 0.15) is 0 Å². The van der Waals surface area contributed by atoms with E-state index in [0.717, 1.165) is 11.1 Å². The van der Waals surface area contributed by atoms with Crippen molar-refractivity contribution in [2.75, 3.05) is 7.05 Å². The third-order valence-corrected chi connectivity index (χ3v) is 6.42. The summed E-state index contributed by atoms with van der Waals surface area (Å²) in [5.74, 6) is 0. The van der Waals surface area contributed by atoms with Gasteiger partial charge in [-0.25, -0.2) is 8.42 Å². The Morgan fingerprint density at radius 2 is 1.77 bits per heavy atom. The van der Waals surface area contributed by atoms with Crippen LogP contribution in [-0.2, 0) is 23.1 Å². The molecule has 0 N–H and O–H groups in total. The lowest BCUT2D eigenvalue weighted by atomic mass is 10.2. The van der Waals surface area contributed by atoms with Gasteiger partial charge in [-0.2, -0.15) is 9.40 Å². The Morgan fingerprint density at radius 3 is 2.46 bits per heavy atom. The first kappa shape index (κ1) is 18.9. The lowest BCUT2D eigenvalue weighted by molar-refractivity contribution is 0.466. The van der Waals surface area contributed by atoms with E-state index in [0.29, 0.717) is 11.6 Å². The van der Waals surface area contributed by atoms with Gasteiger partial charge in [-0.3, -0.25) is 4.68 Å². The zero-order valence-corrected chi connectivity index (χ0v) is 16.3. The highest BCUT2D eigenvalue weighted by Crippen LogP contribution is 2.26. The number of aromatic nitrogens is 2. The number of sulfonamides is 1. The normalized spacial score (nSPS) is 11.8. The summed E-state index contributed by atoms with van der Waals surface area (Å²) in [5.41, 5.74) is 1.92. The zero-order valence-electron chi connectivity index (χ0n) is 14.0. The Morgan fingerprint density at radius 1 is 1.04 bits per heavy atom. The monoisotopic (exact) mass is 409 g/mol. The molecule has 3 rings (SSSR count). The van der Waals surface area contributed by atoms with Gasteiger partial charge in [0.15, 0.2) is 0 Å². The average Bonchev–Trinajstić information content (AvgIpc) is 3.05. The molecule has 0 bridgehead atoms. The van der Waals surface area contributed by atoms with Crippen LogP contribution in [0.5, 0.6) is 0 Å². The maximum atomic E-state index is 12.7. The van der Waals surface area contributed by atoms with Crippen molar-refractivity contribution in [3.05, 3.63) is 82.1 Å². The Kier molecular flexibility index (Phi) is 5.67. The Labute approximate surface area is 162 Å². The molecule has 0 amide bonds. The van der Waals surface area contributed by atoms with Crippen LogP contribution in [0.1, 0.15) is 11.1 Å². The van der Waals surface area contributed by atoms with Gasteiger partial charge in [-0.1, -0.05) is 53.5 Å². The fourth-order valence-corrected chi connectivity index (χ4v) is 4.05. The van der Waals surface area contributed by atoms with Crippen molar-refractivity contribution < 1.29 is 8.42 Å². The summed E-state index contributed by atoms with van der Waals surface area (Å²) in [5, 5.41) is 4.82. The minimum atomic E-state index is -3.67. The second kappa shape index (κ2) is 7.80. The molecule has 2 aromatic carbocycles. The molecule has 5 nitrogen and oxygen atoms in total. The van der Waals surface area contributed by atoms with Crippen LogP contribution in [0, 0.1) is 0 Å². The van der Waals surface area contributed by atoms with Crippen LogP contribution in [0.4, 0.5) is 0 Å². The molecule has 1 aromatic heterocycles. The summed E-state index contributed by atoms with van der Waals surface area (Å²) >= 11 is 11.8. The first-order valence-electron chi connectivity index (χ1n) is 7.83. The highest BCUT2D eigenvalue weighted by molar-refractivity contribution is 7.89. The van der Waals surface area contributed by atoms with E-state index in [1.807, 2.05) is 36.5 Å². The molecule has 0 fully saturated rings. The number of hydrogen-bond acceptors (Lipinski definition) is 3. The highest BCUT2D eigenvalue weighted by Gasteiger charge is 2.22. The van der Waals surface area contributed by atoms with Crippen molar-refractivity contribution in [2.24, 2.45) is 0 Å². The van der Waals surface area contributed by atoms with E-state index in [2.05, 4.69) is 5.10 Å². The summed E-state index contributed by atoms with van der Waals surface area (Å²) in [6.45, 7) is 0.835. The summed E-state index contributed by atoms with van der Waals surface area (Å²) in [6, 6.07) is 14.2. The molecule has 136 valence electrons. The van der Waals surface area contributed by atoms with Crippen LogP contribution in [-0.4, -0.2) is 29.6 Å². The number of rotatable bonds is 6. The number of hydrogen-bond donors (Lipinski definition) is 0. The van der Waals surface area contributed by atoms with Crippen LogP contribution in [0.25, 0.3) is 0 Å². The number of nitrogens with zero attached hydrogens (tertiary/aromatic N) is 3. The lowest BCUT2D eigenvalue weighted by Crippen LogP contribution is -2.26. The third kappa shape index (κ3) is 4.27. The zero-order chi connectivity index (χ0) is 18.7. The molecule has 0 aliphatic carbocycles. The summed E-state index contributed by atoms with van der Waals surface area (Å²) < 4.78 is 28.4. The van der Waals surface area contributed by atoms with Crippen molar-refractivity contribution in [1.82, 2.24) is 14.1 Å². The first-order valence-corrected chi connectivity index (χ1v) is 10.0. The maximum absolute atomic E-state index is 12.7. The third-order valence-electron chi connectivity index (χ3n) is 3.88. The topological polar surface area (TPSA) is 55.2 Å². The predicted octanol–water partition coefficient (Wildman–Crippen LogP) is 4.06. The minimum Gasteiger partial charge on any atom is -0.268 e. The molecule has 26 heavy (non-hydrogen) atoms. The van der Waals surface area contributed by atoms with Gasteiger partial charge >= 0.3 is 0 Å². The van der Waals surface area contributed by atoms with E-state index in [1.165, 1.54) is 29.6 Å². The van der Waals surface area contributed by atoms with E-state index in [1.54, 1.807) is 10.9 Å². The fraction of sp³-hybridized carbons (Fsp3) is 0.167. The van der Waals surface area contributed by atoms with Crippen LogP contribution in [0.15, 0.2) is 65.8 Å². The Bertz CT molecular complexity index is 1000. The van der Waals surface area contributed by atoms with Crippen molar-refractivity contribution in [3.63, 3.8) is 0 Å². The molecule has 0 unspecified atom stereocenters. The summed E-state index contributed by atoms with van der Waals surface area (Å²) in [4.78, 5) is 0.103. The molecule has 3 aromatic rings. The van der Waals surface area contributed by atoms with E-state index in [-0.39, 0.29) is 16.5 Å². The van der Waals surface area contributed by atoms with Crippen LogP contribution < -0.4 is 0 Å². The predicted molar refractivity (Wildman–Crippen MR) is 103 cm³/mol. The molecular weight excluding hydrogens is 393 g/mol. The number of benzene rings is 2. The Balaban J connectivity index is 1.73. The molecule has 0 radical (unpaired) electrons. The molecule has 0 spiro atoms. The maximum Gasteiger partial charge on any atom is 0.243 e. The second-order valence-electron chi connectivity index (χ2n) is 5.87. The molecule has 1 heterocycles. The smallest absolute Gasteiger partial charge is 0.243 e. The molecule has 0 saturated heterocycles. The highest BCUT2D eigenvalue weighted by atomic mass is 35.5. The first-order chi connectivity index (χ1) is 12.4. The standard InChI is InChI=1S/C18H17Cl2N3O2S/c1-22(26(24,25)16-7-8-17(19)18(20)9-16)11-15-10-21-23(13-15)12-14-5-3-2-4-6-14/h2-10,13H,11-12H2,1H3. The minimum absolute atomic E-state index is 0.103. The van der Waals surface area contributed by atoms with Crippen molar-refractivity contribution in [2.45, 2.75) is 18.0 Å². The van der Waals surface area contributed by atoms with Crippen LogP contribution in [0.3, 0.4) is 0 Å². The molecule has 8 heteroatoms. The Hall–Kier alpha value is -1.86. The van der Waals surface area contributed by atoms with Crippen molar-refractivity contribution >= 4 is 33.2 Å². The van der Waals surface area contributed by atoms with E-state index < -0.39 is 10.0 Å². The van der Waals surface area contributed by atoms with Gasteiger partial charge in [0.25, 0.3) is 0 Å². The molecule has 0 atom stereocenters. The van der Waals surface area contributed by atoms with Gasteiger partial charge in [-0.15, -0.1) is 0 Å². The van der Waals surface area contributed by atoms with Crippen LogP contribution in [0.2, 0.25) is 10.0 Å². The molecule has 0 aliphatic heterocycles. The van der Waals surface area contributed by atoms with E-state index in [4.69, 9.17) is 23.2 Å². The van der Waals surface area contributed by atoms with E-state index >= 15 is 0 Å². The van der Waals surface area contributed by atoms with Crippen molar-refractivity contribution in [3.8, 4) is 0 Å². The van der Waals surface area contributed by atoms with E-state index in [9.17, 15) is 8.42 Å². The fourth-order valence-electron chi connectivity index (χ4n) is 2.50. The quantitative estimate of drug-likeness (QED) is 0.616. The van der Waals surface area contributed by atoms with Gasteiger partial charge in [0.2, 0.25) is 10.0 Å². The van der Waals surface area contributed by atoms with Gasteiger partial charge in [0.05, 0.1) is 27.7 Å². The number of halogens is 2. The van der Waals surface area contributed by atoms with Gasteiger partial charge in [-0.05, 0) is 23.8 Å². The average molecular weight is 410 g/mol. The van der Waals surface area contributed by atoms with Crippen molar-refractivity contribution in [1.29, 1.82) is 0 Å². The van der Waals surface area contributed by atoms with Gasteiger partial charge < -0.3 is 0 Å². The van der Waals surface area contributed by atoms with Gasteiger partial charge in [0, 0.05) is 25.4 Å².